The lowest BCUT2D eigenvalue weighted by molar-refractivity contribution is 0.102. The maximum Gasteiger partial charge on any atom is 0.261 e. The van der Waals surface area contributed by atoms with Gasteiger partial charge in [-0.1, -0.05) is 12.8 Å². The molecule has 7 nitrogen and oxygen atoms in total. The third-order valence-corrected chi connectivity index (χ3v) is 5.32. The van der Waals surface area contributed by atoms with E-state index in [0.717, 1.165) is 12.8 Å². The van der Waals surface area contributed by atoms with Crippen LogP contribution in [0.5, 0.6) is 0 Å². The maximum absolute atomic E-state index is 12.7. The number of amides is 1. The smallest absolute Gasteiger partial charge is 0.261 e. The van der Waals surface area contributed by atoms with Gasteiger partial charge < -0.3 is 10.3 Å². The van der Waals surface area contributed by atoms with Gasteiger partial charge in [-0.3, -0.25) is 14.2 Å². The van der Waals surface area contributed by atoms with Gasteiger partial charge in [-0.05, 0) is 43.3 Å². The Bertz CT molecular complexity index is 1100. The molecule has 1 fully saturated rings. The quantitative estimate of drug-likeness (QED) is 0.695. The first-order chi connectivity index (χ1) is 12.5. The van der Waals surface area contributed by atoms with E-state index in [9.17, 15) is 9.59 Å². The number of aromatic amines is 1. The van der Waals surface area contributed by atoms with Crippen molar-refractivity contribution < 1.29 is 4.79 Å². The van der Waals surface area contributed by atoms with Gasteiger partial charge in [0.1, 0.15) is 5.82 Å². The Morgan fingerprint density at radius 3 is 2.85 bits per heavy atom. The molecule has 8 heteroatoms. The van der Waals surface area contributed by atoms with Crippen molar-refractivity contribution in [2.75, 3.05) is 5.32 Å². The van der Waals surface area contributed by atoms with Crippen molar-refractivity contribution in [2.24, 2.45) is 7.05 Å². The van der Waals surface area contributed by atoms with Crippen molar-refractivity contribution in [3.63, 3.8) is 0 Å². The molecular formula is C18H19N5O2S. The fourth-order valence-corrected chi connectivity index (χ4v) is 3.68. The highest BCUT2D eigenvalue weighted by atomic mass is 32.1. The maximum atomic E-state index is 12.7. The van der Waals surface area contributed by atoms with Gasteiger partial charge >= 0.3 is 0 Å². The normalized spacial score (nSPS) is 14.8. The zero-order valence-electron chi connectivity index (χ0n) is 14.4. The average molecular weight is 369 g/mol. The molecule has 0 atom stereocenters. The molecule has 2 heterocycles. The Hall–Kier alpha value is -2.74. The SMILES string of the molecule is Cn1c(=S)[nH]c2cc(C(=O)Nc3ccnn3C3CCCC3)ccc2c1=O. The van der Waals surface area contributed by atoms with Crippen LogP contribution < -0.4 is 10.9 Å². The summed E-state index contributed by atoms with van der Waals surface area (Å²) in [6.07, 6.45) is 6.25. The zero-order chi connectivity index (χ0) is 18.3. The minimum atomic E-state index is -0.244. The predicted octanol–water partition coefficient (Wildman–Crippen LogP) is 3.16. The van der Waals surface area contributed by atoms with Crippen LogP contribution in [0.1, 0.15) is 42.1 Å². The Morgan fingerprint density at radius 1 is 1.31 bits per heavy atom. The summed E-state index contributed by atoms with van der Waals surface area (Å²) in [5.41, 5.74) is 0.820. The van der Waals surface area contributed by atoms with Crippen LogP contribution in [0, 0.1) is 4.77 Å². The minimum absolute atomic E-state index is 0.185. The second-order valence-corrected chi connectivity index (χ2v) is 6.99. The second kappa shape index (κ2) is 6.53. The van der Waals surface area contributed by atoms with Crippen LogP contribution in [-0.2, 0) is 7.05 Å². The molecule has 26 heavy (non-hydrogen) atoms. The van der Waals surface area contributed by atoms with E-state index in [1.807, 2.05) is 4.68 Å². The lowest BCUT2D eigenvalue weighted by Gasteiger charge is -2.14. The molecule has 1 amide bonds. The zero-order valence-corrected chi connectivity index (χ0v) is 15.2. The molecule has 0 bridgehead atoms. The number of nitrogens with one attached hydrogen (secondary N) is 2. The lowest BCUT2D eigenvalue weighted by atomic mass is 10.1. The van der Waals surface area contributed by atoms with Crippen molar-refractivity contribution in [1.29, 1.82) is 0 Å². The number of aromatic nitrogens is 4. The van der Waals surface area contributed by atoms with E-state index >= 15 is 0 Å². The number of nitrogens with zero attached hydrogens (tertiary/aromatic N) is 3. The predicted molar refractivity (Wildman–Crippen MR) is 102 cm³/mol. The highest BCUT2D eigenvalue weighted by Crippen LogP contribution is 2.31. The van der Waals surface area contributed by atoms with Crippen LogP contribution in [0.3, 0.4) is 0 Å². The van der Waals surface area contributed by atoms with E-state index in [1.165, 1.54) is 17.4 Å². The van der Waals surface area contributed by atoms with Crippen molar-refractivity contribution in [2.45, 2.75) is 31.7 Å². The Labute approximate surface area is 154 Å². The first-order valence-electron chi connectivity index (χ1n) is 8.62. The first kappa shape index (κ1) is 16.7. The number of anilines is 1. The number of hydrogen-bond donors (Lipinski definition) is 2. The molecular weight excluding hydrogens is 350 g/mol. The number of rotatable bonds is 3. The number of benzene rings is 1. The van der Waals surface area contributed by atoms with E-state index in [0.29, 0.717) is 33.1 Å². The van der Waals surface area contributed by atoms with Crippen molar-refractivity contribution in [3.05, 3.63) is 51.2 Å². The van der Waals surface area contributed by atoms with E-state index < -0.39 is 0 Å². The number of carbonyl (C=O) groups excluding carboxylic acids is 1. The minimum Gasteiger partial charge on any atom is -0.332 e. The van der Waals surface area contributed by atoms with E-state index in [-0.39, 0.29) is 11.5 Å². The van der Waals surface area contributed by atoms with Gasteiger partial charge in [0.15, 0.2) is 4.77 Å². The topological polar surface area (TPSA) is 84.7 Å². The van der Waals surface area contributed by atoms with Gasteiger partial charge in [-0.15, -0.1) is 0 Å². The van der Waals surface area contributed by atoms with Crippen LogP contribution in [0.4, 0.5) is 5.82 Å². The summed E-state index contributed by atoms with van der Waals surface area (Å²) < 4.78 is 3.59. The molecule has 1 saturated carbocycles. The monoisotopic (exact) mass is 369 g/mol. The molecule has 2 N–H and O–H groups in total. The molecule has 134 valence electrons. The third-order valence-electron chi connectivity index (χ3n) is 4.95. The number of carbonyl (C=O) groups is 1. The van der Waals surface area contributed by atoms with E-state index in [4.69, 9.17) is 12.2 Å². The molecule has 4 rings (SSSR count). The number of H-pyrrole nitrogens is 1. The molecule has 1 aliphatic rings. The molecule has 1 aromatic carbocycles. The summed E-state index contributed by atoms with van der Waals surface area (Å²) in [5, 5.41) is 7.79. The standard InChI is InChI=1S/C18H19N5O2S/c1-22-17(25)13-7-6-11(10-14(13)20-18(22)26)16(24)21-15-8-9-19-23(15)12-4-2-3-5-12/h6-10,12H,2-5H2,1H3,(H,20,26)(H,21,24). The molecule has 0 spiro atoms. The molecule has 1 aliphatic carbocycles. The summed E-state index contributed by atoms with van der Waals surface area (Å²) in [7, 11) is 1.62. The van der Waals surface area contributed by atoms with Crippen molar-refractivity contribution in [1.82, 2.24) is 19.3 Å². The van der Waals surface area contributed by atoms with Crippen LogP contribution in [0.25, 0.3) is 10.9 Å². The molecule has 0 aliphatic heterocycles. The molecule has 0 unspecified atom stereocenters. The first-order valence-corrected chi connectivity index (χ1v) is 9.03. The largest absolute Gasteiger partial charge is 0.332 e. The van der Waals surface area contributed by atoms with Crippen LogP contribution in [0.15, 0.2) is 35.3 Å². The average Bonchev–Trinajstić information content (AvgIpc) is 3.30. The highest BCUT2D eigenvalue weighted by molar-refractivity contribution is 7.71. The van der Waals surface area contributed by atoms with Gasteiger partial charge in [0.2, 0.25) is 0 Å². The number of hydrogen-bond acceptors (Lipinski definition) is 4. The summed E-state index contributed by atoms with van der Waals surface area (Å²) in [6.45, 7) is 0. The highest BCUT2D eigenvalue weighted by Gasteiger charge is 2.21. The van der Waals surface area contributed by atoms with Gasteiger partial charge in [-0.25, -0.2) is 4.68 Å². The summed E-state index contributed by atoms with van der Waals surface area (Å²) in [6, 6.07) is 7.09. The molecule has 3 aromatic rings. The molecule has 2 aromatic heterocycles. The lowest BCUT2D eigenvalue weighted by Crippen LogP contribution is -2.20. The van der Waals surface area contributed by atoms with Crippen LogP contribution >= 0.6 is 12.2 Å². The summed E-state index contributed by atoms with van der Waals surface area (Å²) >= 11 is 5.14. The Kier molecular flexibility index (Phi) is 4.20. The second-order valence-electron chi connectivity index (χ2n) is 6.61. The Balaban J connectivity index is 1.65. The van der Waals surface area contributed by atoms with Gasteiger partial charge in [-0.2, -0.15) is 5.10 Å². The van der Waals surface area contributed by atoms with Crippen LogP contribution in [0.2, 0.25) is 0 Å². The van der Waals surface area contributed by atoms with Crippen molar-refractivity contribution >= 4 is 34.8 Å². The summed E-state index contributed by atoms with van der Waals surface area (Å²) in [4.78, 5) is 27.9. The third kappa shape index (κ3) is 2.86. The van der Waals surface area contributed by atoms with E-state index in [2.05, 4.69) is 15.4 Å². The van der Waals surface area contributed by atoms with Gasteiger partial charge in [0.25, 0.3) is 11.5 Å². The molecule has 0 saturated heterocycles. The van der Waals surface area contributed by atoms with Gasteiger partial charge in [0.05, 0.1) is 23.1 Å². The van der Waals surface area contributed by atoms with Gasteiger partial charge in [0, 0.05) is 18.7 Å². The fourth-order valence-electron chi connectivity index (χ4n) is 3.49. The Morgan fingerprint density at radius 2 is 2.08 bits per heavy atom. The van der Waals surface area contributed by atoms with Crippen LogP contribution in [-0.4, -0.2) is 25.2 Å². The summed E-state index contributed by atoms with van der Waals surface area (Å²) in [5.74, 6) is 0.450. The molecule has 0 radical (unpaired) electrons. The van der Waals surface area contributed by atoms with E-state index in [1.54, 1.807) is 37.5 Å². The van der Waals surface area contributed by atoms with Crippen molar-refractivity contribution in [3.8, 4) is 0 Å². The number of fused-ring (bicyclic) bond motifs is 1. The fraction of sp³-hybridized carbons (Fsp3) is 0.333.